The summed E-state index contributed by atoms with van der Waals surface area (Å²) < 4.78 is 5.64. The van der Waals surface area contributed by atoms with Gasteiger partial charge in [-0.25, -0.2) is 0 Å². The van der Waals surface area contributed by atoms with Crippen molar-refractivity contribution in [1.29, 1.82) is 0 Å². The topological polar surface area (TPSA) is 67.4 Å². The van der Waals surface area contributed by atoms with Crippen molar-refractivity contribution in [3.8, 4) is 5.75 Å². The largest absolute Gasteiger partial charge is 0.481 e. The van der Waals surface area contributed by atoms with Gasteiger partial charge in [0, 0.05) is 17.3 Å². The van der Waals surface area contributed by atoms with Crippen molar-refractivity contribution >= 4 is 17.5 Å². The van der Waals surface area contributed by atoms with Gasteiger partial charge in [-0.05, 0) is 63.1 Å². The van der Waals surface area contributed by atoms with E-state index in [9.17, 15) is 9.59 Å². The number of hydrogen-bond acceptors (Lipinski definition) is 3. The van der Waals surface area contributed by atoms with Crippen LogP contribution in [0.15, 0.2) is 48.5 Å². The number of amides is 2. The van der Waals surface area contributed by atoms with E-state index in [1.807, 2.05) is 31.2 Å². The summed E-state index contributed by atoms with van der Waals surface area (Å²) in [5.74, 6) is 0.340. The molecule has 0 heterocycles. The van der Waals surface area contributed by atoms with Crippen LogP contribution in [0.25, 0.3) is 0 Å². The molecule has 1 fully saturated rings. The molecule has 2 N–H and O–H groups in total. The maximum absolute atomic E-state index is 12.2. The molecule has 2 aromatic rings. The number of ether oxygens (including phenoxy) is 1. The minimum absolute atomic E-state index is 0.0727. The summed E-state index contributed by atoms with van der Waals surface area (Å²) in [5, 5.41) is 5.73. The molecule has 130 valence electrons. The molecule has 1 atom stereocenters. The lowest BCUT2D eigenvalue weighted by molar-refractivity contribution is -0.122. The van der Waals surface area contributed by atoms with Gasteiger partial charge in [0.1, 0.15) is 5.75 Å². The number of benzene rings is 2. The van der Waals surface area contributed by atoms with Crippen molar-refractivity contribution in [3.63, 3.8) is 0 Å². The van der Waals surface area contributed by atoms with Gasteiger partial charge in [0.15, 0.2) is 6.10 Å². The van der Waals surface area contributed by atoms with E-state index in [2.05, 4.69) is 10.6 Å². The smallest absolute Gasteiger partial charge is 0.265 e. The molecule has 0 aromatic heterocycles. The zero-order chi connectivity index (χ0) is 17.8. The molecule has 0 unspecified atom stereocenters. The fraction of sp³-hybridized carbons (Fsp3) is 0.300. The maximum Gasteiger partial charge on any atom is 0.265 e. The van der Waals surface area contributed by atoms with Gasteiger partial charge in [-0.2, -0.15) is 0 Å². The minimum atomic E-state index is -0.624. The molecular weight excluding hydrogens is 316 g/mol. The minimum Gasteiger partial charge on any atom is -0.481 e. The molecule has 0 radical (unpaired) electrons. The Kier molecular flexibility index (Phi) is 5.03. The number of carbonyl (C=O) groups is 2. The van der Waals surface area contributed by atoms with Crippen LogP contribution in [0, 0.1) is 6.92 Å². The van der Waals surface area contributed by atoms with Crippen LogP contribution in [0.4, 0.5) is 5.69 Å². The lowest BCUT2D eigenvalue weighted by Gasteiger charge is -2.15. The molecule has 0 saturated heterocycles. The fourth-order valence-electron chi connectivity index (χ4n) is 2.32. The van der Waals surface area contributed by atoms with Gasteiger partial charge >= 0.3 is 0 Å². The van der Waals surface area contributed by atoms with Crippen molar-refractivity contribution in [2.45, 2.75) is 38.8 Å². The van der Waals surface area contributed by atoms with Crippen LogP contribution in [-0.2, 0) is 4.79 Å². The molecule has 1 aliphatic carbocycles. The SMILES string of the molecule is Cc1ccc(O[C@@H](C)C(=O)Nc2ccc(C(=O)NC3CC3)cc2)cc1. The lowest BCUT2D eigenvalue weighted by Crippen LogP contribution is -2.30. The van der Waals surface area contributed by atoms with Gasteiger partial charge in [0.05, 0.1) is 0 Å². The Morgan fingerprint density at radius 1 is 1.04 bits per heavy atom. The molecule has 0 bridgehead atoms. The summed E-state index contributed by atoms with van der Waals surface area (Å²) in [6.07, 6.45) is 1.48. The monoisotopic (exact) mass is 338 g/mol. The predicted molar refractivity (Wildman–Crippen MR) is 96.8 cm³/mol. The first-order valence-corrected chi connectivity index (χ1v) is 8.46. The first-order chi connectivity index (χ1) is 12.0. The number of carbonyl (C=O) groups excluding carboxylic acids is 2. The van der Waals surface area contributed by atoms with Crippen LogP contribution in [-0.4, -0.2) is 24.0 Å². The van der Waals surface area contributed by atoms with E-state index in [4.69, 9.17) is 4.74 Å². The first-order valence-electron chi connectivity index (χ1n) is 8.46. The van der Waals surface area contributed by atoms with Gasteiger partial charge in [-0.1, -0.05) is 17.7 Å². The number of aryl methyl sites for hydroxylation is 1. The Morgan fingerprint density at radius 3 is 2.28 bits per heavy atom. The molecule has 0 aliphatic heterocycles. The Labute approximate surface area is 147 Å². The number of hydrogen-bond donors (Lipinski definition) is 2. The van der Waals surface area contributed by atoms with E-state index in [1.54, 1.807) is 31.2 Å². The number of rotatable bonds is 6. The maximum atomic E-state index is 12.2. The summed E-state index contributed by atoms with van der Waals surface area (Å²) in [7, 11) is 0. The van der Waals surface area contributed by atoms with Crippen LogP contribution in [0.1, 0.15) is 35.7 Å². The molecular formula is C20H22N2O3. The highest BCUT2D eigenvalue weighted by molar-refractivity contribution is 5.97. The Bertz CT molecular complexity index is 750. The average molecular weight is 338 g/mol. The van der Waals surface area contributed by atoms with E-state index >= 15 is 0 Å². The highest BCUT2D eigenvalue weighted by atomic mass is 16.5. The van der Waals surface area contributed by atoms with Crippen molar-refractivity contribution < 1.29 is 14.3 Å². The second-order valence-corrected chi connectivity index (χ2v) is 6.39. The van der Waals surface area contributed by atoms with Gasteiger partial charge in [-0.15, -0.1) is 0 Å². The zero-order valence-electron chi connectivity index (χ0n) is 14.4. The first kappa shape index (κ1) is 17.0. The normalized spacial score (nSPS) is 14.5. The molecule has 5 heteroatoms. The van der Waals surface area contributed by atoms with Crippen LogP contribution in [0.5, 0.6) is 5.75 Å². The van der Waals surface area contributed by atoms with Gasteiger partial charge in [0.25, 0.3) is 11.8 Å². The van der Waals surface area contributed by atoms with Crippen LogP contribution in [0.3, 0.4) is 0 Å². The van der Waals surface area contributed by atoms with Crippen molar-refractivity contribution in [2.75, 3.05) is 5.32 Å². The second-order valence-electron chi connectivity index (χ2n) is 6.39. The summed E-state index contributed by atoms with van der Waals surface area (Å²) in [6, 6.07) is 14.7. The third-order valence-corrected chi connectivity index (χ3v) is 4.03. The quantitative estimate of drug-likeness (QED) is 0.849. The fourth-order valence-corrected chi connectivity index (χ4v) is 2.32. The summed E-state index contributed by atoms with van der Waals surface area (Å²) >= 11 is 0. The van der Waals surface area contributed by atoms with Crippen molar-refractivity contribution in [3.05, 3.63) is 59.7 Å². The molecule has 1 saturated carbocycles. The van der Waals surface area contributed by atoms with Gasteiger partial charge < -0.3 is 15.4 Å². The summed E-state index contributed by atoms with van der Waals surface area (Å²) in [4.78, 5) is 24.2. The Balaban J connectivity index is 1.54. The highest BCUT2D eigenvalue weighted by Crippen LogP contribution is 2.20. The average Bonchev–Trinajstić information content (AvgIpc) is 3.41. The number of nitrogens with one attached hydrogen (secondary N) is 2. The molecule has 0 spiro atoms. The second kappa shape index (κ2) is 7.38. The van der Waals surface area contributed by atoms with Gasteiger partial charge in [-0.3, -0.25) is 9.59 Å². The Morgan fingerprint density at radius 2 is 1.68 bits per heavy atom. The molecule has 25 heavy (non-hydrogen) atoms. The zero-order valence-corrected chi connectivity index (χ0v) is 14.4. The molecule has 1 aliphatic rings. The number of anilines is 1. The molecule has 5 nitrogen and oxygen atoms in total. The predicted octanol–water partition coefficient (Wildman–Crippen LogP) is 3.29. The van der Waals surface area contributed by atoms with E-state index in [-0.39, 0.29) is 11.8 Å². The molecule has 2 amide bonds. The Hall–Kier alpha value is -2.82. The summed E-state index contributed by atoms with van der Waals surface area (Å²) in [6.45, 7) is 3.70. The van der Waals surface area contributed by atoms with Crippen LogP contribution in [0.2, 0.25) is 0 Å². The van der Waals surface area contributed by atoms with E-state index < -0.39 is 6.10 Å². The van der Waals surface area contributed by atoms with E-state index in [0.717, 1.165) is 18.4 Å². The molecule has 2 aromatic carbocycles. The van der Waals surface area contributed by atoms with Crippen molar-refractivity contribution in [2.24, 2.45) is 0 Å². The van der Waals surface area contributed by atoms with E-state index in [0.29, 0.717) is 23.0 Å². The standard InChI is InChI=1S/C20H22N2O3/c1-13-3-11-18(12-4-13)25-14(2)19(23)21-16-7-5-15(6-8-16)20(24)22-17-9-10-17/h3-8,11-12,14,17H,9-10H2,1-2H3,(H,21,23)(H,22,24)/t14-/m0/s1. The highest BCUT2D eigenvalue weighted by Gasteiger charge is 2.23. The molecule has 3 rings (SSSR count). The lowest BCUT2D eigenvalue weighted by atomic mass is 10.2. The van der Waals surface area contributed by atoms with Crippen LogP contribution < -0.4 is 15.4 Å². The third kappa shape index (κ3) is 4.83. The van der Waals surface area contributed by atoms with E-state index in [1.165, 1.54) is 0 Å². The summed E-state index contributed by atoms with van der Waals surface area (Å²) in [5.41, 5.74) is 2.36. The van der Waals surface area contributed by atoms with Gasteiger partial charge in [0.2, 0.25) is 0 Å². The van der Waals surface area contributed by atoms with Crippen LogP contribution >= 0.6 is 0 Å². The van der Waals surface area contributed by atoms with Crippen molar-refractivity contribution in [1.82, 2.24) is 5.32 Å². The third-order valence-electron chi connectivity index (χ3n) is 4.03.